The van der Waals surface area contributed by atoms with Gasteiger partial charge in [0.25, 0.3) is 0 Å². The van der Waals surface area contributed by atoms with Gasteiger partial charge < -0.3 is 9.47 Å². The largest absolute Gasteiger partial charge is 0.381 e. The predicted molar refractivity (Wildman–Crippen MR) is 69.0 cm³/mol. The lowest BCUT2D eigenvalue weighted by Gasteiger charge is -2.28. The van der Waals surface area contributed by atoms with E-state index in [1.165, 1.54) is 12.1 Å². The second-order valence-corrected chi connectivity index (χ2v) is 4.88. The minimum absolute atomic E-state index is 0.115. The fourth-order valence-electron chi connectivity index (χ4n) is 2.43. The monoisotopic (exact) mass is 263 g/mol. The summed E-state index contributed by atoms with van der Waals surface area (Å²) < 4.78 is 24.7. The zero-order valence-electron chi connectivity index (χ0n) is 11.1. The molecule has 1 aliphatic rings. The van der Waals surface area contributed by atoms with E-state index in [0.29, 0.717) is 11.1 Å². The van der Waals surface area contributed by atoms with E-state index < -0.39 is 0 Å². The first-order chi connectivity index (χ1) is 9.22. The summed E-state index contributed by atoms with van der Waals surface area (Å²) in [6, 6.07) is 6.34. The van der Waals surface area contributed by atoms with Gasteiger partial charge >= 0.3 is 0 Å². The van der Waals surface area contributed by atoms with Gasteiger partial charge in [0.1, 0.15) is 5.82 Å². The molecule has 0 saturated heterocycles. The van der Waals surface area contributed by atoms with Crippen molar-refractivity contribution < 1.29 is 13.9 Å². The van der Waals surface area contributed by atoms with Gasteiger partial charge in [0, 0.05) is 12.7 Å². The SMILES string of the molecule is COC1CCCC(OCc2cc(C#N)ccc2F)C1. The summed E-state index contributed by atoms with van der Waals surface area (Å²) in [5.74, 6) is -0.321. The number of rotatable bonds is 4. The Hall–Kier alpha value is -1.44. The number of hydrogen-bond donors (Lipinski definition) is 0. The molecule has 1 saturated carbocycles. The highest BCUT2D eigenvalue weighted by Crippen LogP contribution is 2.24. The molecule has 0 aliphatic heterocycles. The van der Waals surface area contributed by atoms with Gasteiger partial charge in [0.2, 0.25) is 0 Å². The van der Waals surface area contributed by atoms with Gasteiger partial charge in [0.05, 0.1) is 30.4 Å². The molecule has 2 rings (SSSR count). The Kier molecular flexibility index (Phi) is 4.89. The highest BCUT2D eigenvalue weighted by Gasteiger charge is 2.22. The Morgan fingerprint density at radius 3 is 2.89 bits per heavy atom. The molecular weight excluding hydrogens is 245 g/mol. The van der Waals surface area contributed by atoms with E-state index in [1.807, 2.05) is 6.07 Å². The number of ether oxygens (including phenoxy) is 2. The van der Waals surface area contributed by atoms with Crippen LogP contribution < -0.4 is 0 Å². The summed E-state index contributed by atoms with van der Waals surface area (Å²) in [6.07, 6.45) is 4.34. The third-order valence-corrected chi connectivity index (χ3v) is 3.56. The molecule has 0 bridgehead atoms. The van der Waals surface area contributed by atoms with Gasteiger partial charge in [-0.3, -0.25) is 0 Å². The maximum Gasteiger partial charge on any atom is 0.128 e. The highest BCUT2D eigenvalue weighted by molar-refractivity contribution is 5.33. The zero-order chi connectivity index (χ0) is 13.7. The van der Waals surface area contributed by atoms with E-state index in [2.05, 4.69) is 0 Å². The summed E-state index contributed by atoms with van der Waals surface area (Å²) >= 11 is 0. The Labute approximate surface area is 112 Å². The average molecular weight is 263 g/mol. The van der Waals surface area contributed by atoms with Gasteiger partial charge in [-0.15, -0.1) is 0 Å². The minimum Gasteiger partial charge on any atom is -0.381 e. The third kappa shape index (κ3) is 3.76. The maximum atomic E-state index is 13.6. The van der Waals surface area contributed by atoms with Crippen LogP contribution in [0, 0.1) is 17.1 Å². The molecule has 1 aromatic carbocycles. The van der Waals surface area contributed by atoms with Gasteiger partial charge in [-0.1, -0.05) is 0 Å². The van der Waals surface area contributed by atoms with Crippen LogP contribution in [0.2, 0.25) is 0 Å². The van der Waals surface area contributed by atoms with Crippen LogP contribution in [0.15, 0.2) is 18.2 Å². The first-order valence-electron chi connectivity index (χ1n) is 6.56. The lowest BCUT2D eigenvalue weighted by Crippen LogP contribution is -2.27. The van der Waals surface area contributed by atoms with Crippen molar-refractivity contribution in [2.75, 3.05) is 7.11 Å². The van der Waals surface area contributed by atoms with Crippen LogP contribution in [0.5, 0.6) is 0 Å². The quantitative estimate of drug-likeness (QED) is 0.838. The van der Waals surface area contributed by atoms with Crippen molar-refractivity contribution in [1.82, 2.24) is 0 Å². The fourth-order valence-corrected chi connectivity index (χ4v) is 2.43. The standard InChI is InChI=1S/C15H18FNO2/c1-18-13-3-2-4-14(8-13)19-10-12-7-11(9-17)5-6-15(12)16/h5-7,13-14H,2-4,8,10H2,1H3. The Bertz CT molecular complexity index is 470. The van der Waals surface area contributed by atoms with Crippen LogP contribution in [0.3, 0.4) is 0 Å². The van der Waals surface area contributed by atoms with Crippen LogP contribution in [0.1, 0.15) is 36.8 Å². The Morgan fingerprint density at radius 2 is 2.16 bits per heavy atom. The number of hydrogen-bond acceptors (Lipinski definition) is 3. The molecule has 0 N–H and O–H groups in total. The van der Waals surface area contributed by atoms with Gasteiger partial charge in [0.15, 0.2) is 0 Å². The molecule has 0 aromatic heterocycles. The number of methoxy groups -OCH3 is 1. The topological polar surface area (TPSA) is 42.2 Å². The fraction of sp³-hybridized carbons (Fsp3) is 0.533. The van der Waals surface area contributed by atoms with Crippen LogP contribution in [0.4, 0.5) is 4.39 Å². The second kappa shape index (κ2) is 6.65. The summed E-state index contributed by atoms with van der Waals surface area (Å²) in [7, 11) is 1.71. The van der Waals surface area contributed by atoms with Crippen molar-refractivity contribution >= 4 is 0 Å². The van der Waals surface area contributed by atoms with Crippen LogP contribution in [0.25, 0.3) is 0 Å². The van der Waals surface area contributed by atoms with Crippen LogP contribution in [-0.4, -0.2) is 19.3 Å². The van der Waals surface area contributed by atoms with E-state index in [-0.39, 0.29) is 24.6 Å². The molecule has 19 heavy (non-hydrogen) atoms. The summed E-state index contributed by atoms with van der Waals surface area (Å²) in [5, 5.41) is 8.81. The first kappa shape index (κ1) is 14.0. The van der Waals surface area contributed by atoms with Crippen molar-refractivity contribution in [3.8, 4) is 6.07 Å². The lowest BCUT2D eigenvalue weighted by atomic mass is 9.95. The highest BCUT2D eigenvalue weighted by atomic mass is 19.1. The maximum absolute atomic E-state index is 13.6. The van der Waals surface area contributed by atoms with Gasteiger partial charge in [-0.25, -0.2) is 4.39 Å². The Balaban J connectivity index is 1.93. The molecule has 0 spiro atoms. The normalized spacial score (nSPS) is 23.0. The van der Waals surface area contributed by atoms with E-state index in [1.54, 1.807) is 13.2 Å². The van der Waals surface area contributed by atoms with Gasteiger partial charge in [-0.05, 0) is 43.9 Å². The smallest absolute Gasteiger partial charge is 0.128 e. The predicted octanol–water partition coefficient (Wildman–Crippen LogP) is 3.17. The number of nitriles is 1. The minimum atomic E-state index is -0.321. The van der Waals surface area contributed by atoms with E-state index in [0.717, 1.165) is 25.7 Å². The molecule has 2 unspecified atom stereocenters. The molecule has 1 aliphatic carbocycles. The van der Waals surface area contributed by atoms with Crippen molar-refractivity contribution in [3.05, 3.63) is 35.1 Å². The van der Waals surface area contributed by atoms with Crippen molar-refractivity contribution in [3.63, 3.8) is 0 Å². The molecule has 102 valence electrons. The molecule has 0 heterocycles. The molecule has 4 heteroatoms. The van der Waals surface area contributed by atoms with Crippen molar-refractivity contribution in [2.24, 2.45) is 0 Å². The number of nitrogens with zero attached hydrogens (tertiary/aromatic N) is 1. The van der Waals surface area contributed by atoms with Gasteiger partial charge in [-0.2, -0.15) is 5.26 Å². The molecule has 1 aromatic rings. The van der Waals surface area contributed by atoms with Crippen molar-refractivity contribution in [2.45, 2.75) is 44.5 Å². The molecule has 2 atom stereocenters. The molecule has 0 radical (unpaired) electrons. The third-order valence-electron chi connectivity index (χ3n) is 3.56. The number of benzene rings is 1. The van der Waals surface area contributed by atoms with Crippen LogP contribution in [-0.2, 0) is 16.1 Å². The van der Waals surface area contributed by atoms with E-state index in [4.69, 9.17) is 14.7 Å². The zero-order valence-corrected chi connectivity index (χ0v) is 11.1. The second-order valence-electron chi connectivity index (χ2n) is 4.88. The lowest BCUT2D eigenvalue weighted by molar-refractivity contribution is -0.0369. The van der Waals surface area contributed by atoms with E-state index in [9.17, 15) is 4.39 Å². The number of halogens is 1. The average Bonchev–Trinajstić information content (AvgIpc) is 2.46. The summed E-state index contributed by atoms with van der Waals surface area (Å²) in [5.41, 5.74) is 0.900. The van der Waals surface area contributed by atoms with E-state index >= 15 is 0 Å². The first-order valence-corrected chi connectivity index (χ1v) is 6.56. The molecule has 0 amide bonds. The van der Waals surface area contributed by atoms with Crippen LogP contribution >= 0.6 is 0 Å². The summed E-state index contributed by atoms with van der Waals surface area (Å²) in [6.45, 7) is 0.211. The molecule has 1 fully saturated rings. The summed E-state index contributed by atoms with van der Waals surface area (Å²) in [4.78, 5) is 0. The molecular formula is C15H18FNO2. The van der Waals surface area contributed by atoms with Crippen molar-refractivity contribution in [1.29, 1.82) is 5.26 Å². The molecule has 3 nitrogen and oxygen atoms in total. The Morgan fingerprint density at radius 1 is 1.37 bits per heavy atom.